The highest BCUT2D eigenvalue weighted by atomic mass is 16.4. The molecule has 0 radical (unpaired) electrons. The van der Waals surface area contributed by atoms with Crippen molar-refractivity contribution < 1.29 is 36.0 Å². The van der Waals surface area contributed by atoms with Crippen molar-refractivity contribution in [3.8, 4) is 5.75 Å². The van der Waals surface area contributed by atoms with Crippen LogP contribution in [0.1, 0.15) is 29.5 Å². The van der Waals surface area contributed by atoms with Gasteiger partial charge in [-0.25, -0.2) is 0 Å². The van der Waals surface area contributed by atoms with Gasteiger partial charge in [0.05, 0.1) is 37.5 Å². The lowest BCUT2D eigenvalue weighted by Crippen LogP contribution is -2.72. The molecule has 0 amide bonds. The third-order valence-corrected chi connectivity index (χ3v) is 8.01. The van der Waals surface area contributed by atoms with Crippen molar-refractivity contribution >= 4 is 5.57 Å². The first-order chi connectivity index (χ1) is 15.1. The van der Waals surface area contributed by atoms with E-state index < -0.39 is 47.9 Å². The Labute approximate surface area is 187 Å². The Morgan fingerprint density at radius 3 is 2.62 bits per heavy atom. The lowest BCUT2D eigenvalue weighted by atomic mass is 9.51. The van der Waals surface area contributed by atoms with Crippen molar-refractivity contribution in [3.63, 3.8) is 0 Å². The van der Waals surface area contributed by atoms with Gasteiger partial charge in [-0.3, -0.25) is 0 Å². The molecule has 10 N–H and O–H groups in total. The molecule has 9 atom stereocenters. The summed E-state index contributed by atoms with van der Waals surface area (Å²) in [5, 5.41) is 66.8. The van der Waals surface area contributed by atoms with E-state index in [4.69, 9.17) is 5.73 Å². The number of aromatic hydroxyl groups is 1. The molecular weight excluding hydrogens is 412 g/mol. The minimum Gasteiger partial charge on any atom is -0.507 e. The van der Waals surface area contributed by atoms with Crippen LogP contribution in [0.3, 0.4) is 0 Å². The number of aliphatic hydroxyl groups is 5. The summed E-state index contributed by atoms with van der Waals surface area (Å²) in [5.74, 6) is -2.31. The first kappa shape index (κ1) is 23.4. The van der Waals surface area contributed by atoms with E-state index in [1.54, 1.807) is 6.07 Å². The molecule has 4 rings (SSSR count). The Morgan fingerprint density at radius 2 is 1.97 bits per heavy atom. The lowest BCUT2D eigenvalue weighted by Gasteiger charge is -2.59. The van der Waals surface area contributed by atoms with Gasteiger partial charge in [0, 0.05) is 11.5 Å². The van der Waals surface area contributed by atoms with E-state index in [1.165, 1.54) is 0 Å². The van der Waals surface area contributed by atoms with Crippen LogP contribution in [-0.4, -0.2) is 67.8 Å². The minimum atomic E-state index is -1.95. The van der Waals surface area contributed by atoms with Gasteiger partial charge in [0.1, 0.15) is 17.6 Å². The Hall–Kier alpha value is -1.78. The van der Waals surface area contributed by atoms with Gasteiger partial charge in [-0.1, -0.05) is 12.6 Å². The molecule has 3 aliphatic rings. The summed E-state index contributed by atoms with van der Waals surface area (Å²) in [6.07, 6.45) is 0.273. The third-order valence-electron chi connectivity index (χ3n) is 8.01. The van der Waals surface area contributed by atoms with Crippen LogP contribution in [0.2, 0.25) is 0 Å². The molecule has 0 spiro atoms. The molecule has 0 bridgehead atoms. The van der Waals surface area contributed by atoms with Crippen LogP contribution in [0.5, 0.6) is 5.75 Å². The average Bonchev–Trinajstić information content (AvgIpc) is 2.72. The molecule has 0 heterocycles. The van der Waals surface area contributed by atoms with Crippen molar-refractivity contribution in [2.45, 2.75) is 55.8 Å². The quantitative estimate of drug-likeness (QED) is 0.262. The average molecular weight is 448 g/mol. The van der Waals surface area contributed by atoms with Gasteiger partial charge in [-0.05, 0) is 66.4 Å². The summed E-state index contributed by atoms with van der Waals surface area (Å²) in [5.41, 5.74) is 6.81. The number of benzene rings is 1. The van der Waals surface area contributed by atoms with Gasteiger partial charge in [-0.15, -0.1) is 0 Å². The normalized spacial score (nSPS) is 40.0. The molecule has 2 fully saturated rings. The van der Waals surface area contributed by atoms with Crippen molar-refractivity contribution in [1.29, 1.82) is 0 Å². The molecule has 1 aromatic rings. The summed E-state index contributed by atoms with van der Waals surface area (Å²) in [6.45, 7) is 4.19. The molecule has 0 saturated heterocycles. The Balaban J connectivity index is 1.74. The number of fused-ring (bicyclic) bond motifs is 3. The first-order valence-electron chi connectivity index (χ1n) is 11.3. The van der Waals surface area contributed by atoms with Crippen LogP contribution >= 0.6 is 0 Å². The smallest absolute Gasteiger partial charge is 0.123 e. The molecule has 8 heteroatoms. The van der Waals surface area contributed by atoms with E-state index in [0.29, 0.717) is 30.4 Å². The third kappa shape index (κ3) is 3.42. The van der Waals surface area contributed by atoms with E-state index in [0.717, 1.165) is 11.1 Å². The van der Waals surface area contributed by atoms with Gasteiger partial charge in [0.15, 0.2) is 0 Å². The maximum absolute atomic E-state index is 11.5. The second kappa shape index (κ2) is 8.53. The molecule has 32 heavy (non-hydrogen) atoms. The van der Waals surface area contributed by atoms with Crippen molar-refractivity contribution in [2.75, 3.05) is 7.05 Å². The zero-order valence-corrected chi connectivity index (χ0v) is 18.3. The highest BCUT2D eigenvalue weighted by molar-refractivity contribution is 5.76. The first-order valence-corrected chi connectivity index (χ1v) is 11.3. The predicted molar refractivity (Wildman–Crippen MR) is 118 cm³/mol. The van der Waals surface area contributed by atoms with E-state index in [2.05, 4.69) is 6.58 Å². The van der Waals surface area contributed by atoms with Crippen molar-refractivity contribution in [1.82, 2.24) is 0 Å². The topological polar surface area (TPSA) is 164 Å². The Kier molecular flexibility index (Phi) is 6.23. The number of phenolic OH excluding ortho intramolecular Hbond substituents is 1. The van der Waals surface area contributed by atoms with Crippen molar-refractivity contribution in [2.24, 2.45) is 29.4 Å². The maximum atomic E-state index is 11.5. The second-order valence-corrected chi connectivity index (χ2v) is 9.66. The summed E-state index contributed by atoms with van der Waals surface area (Å²) < 4.78 is 0. The number of quaternary nitrogens is 1. The lowest BCUT2D eigenvalue weighted by molar-refractivity contribution is -0.556. The van der Waals surface area contributed by atoms with Gasteiger partial charge >= 0.3 is 0 Å². The van der Waals surface area contributed by atoms with Crippen molar-refractivity contribution in [3.05, 3.63) is 47.7 Å². The van der Waals surface area contributed by atoms with Gasteiger partial charge in [-0.2, -0.15) is 0 Å². The van der Waals surface area contributed by atoms with Crippen LogP contribution in [-0.2, 0) is 12.8 Å². The van der Waals surface area contributed by atoms with Gasteiger partial charge in [0.2, 0.25) is 0 Å². The molecule has 0 aromatic heterocycles. The number of aliphatic hydroxyl groups excluding tert-OH is 4. The number of allylic oxidation sites excluding steroid dienone is 1. The summed E-state index contributed by atoms with van der Waals surface area (Å²) in [6, 6.07) is 3.53. The summed E-state index contributed by atoms with van der Waals surface area (Å²) >= 11 is 0. The fraction of sp³-hybridized carbons (Fsp3) is 0.583. The van der Waals surface area contributed by atoms with Gasteiger partial charge in [0.25, 0.3) is 0 Å². The Morgan fingerprint density at radius 1 is 1.25 bits per heavy atom. The summed E-state index contributed by atoms with van der Waals surface area (Å²) in [4.78, 5) is 0. The van der Waals surface area contributed by atoms with E-state index >= 15 is 0 Å². The number of rotatable bonds is 4. The zero-order chi connectivity index (χ0) is 23.4. The van der Waals surface area contributed by atoms with Crippen LogP contribution in [0.25, 0.3) is 5.57 Å². The molecule has 176 valence electrons. The van der Waals surface area contributed by atoms with Crippen LogP contribution in [0.4, 0.5) is 0 Å². The minimum absolute atomic E-state index is 0.0729. The monoisotopic (exact) mass is 447 g/mol. The second-order valence-electron chi connectivity index (χ2n) is 9.66. The predicted octanol–water partition coefficient (Wildman–Crippen LogP) is -1.43. The van der Waals surface area contributed by atoms with Crippen LogP contribution in [0, 0.1) is 23.7 Å². The van der Waals surface area contributed by atoms with E-state index in [9.17, 15) is 30.6 Å². The zero-order valence-electron chi connectivity index (χ0n) is 18.3. The number of phenols is 1. The number of nitrogens with two attached hydrogens (primary N) is 2. The SMILES string of the molecule is C=C1c2c(O)ccc(CC=C[NH2+]C)c2CC2CC3CC(O)C(C(N)O)C(O)C3(O)C(O)C12. The van der Waals surface area contributed by atoms with Crippen LogP contribution in [0.15, 0.2) is 31.0 Å². The molecular formula is C24H35N2O6+. The summed E-state index contributed by atoms with van der Waals surface area (Å²) in [7, 11) is 1.95. The fourth-order valence-corrected chi connectivity index (χ4v) is 6.48. The molecule has 2 saturated carbocycles. The molecule has 8 nitrogen and oxygen atoms in total. The maximum Gasteiger partial charge on any atom is 0.123 e. The highest BCUT2D eigenvalue weighted by Crippen LogP contribution is 2.56. The largest absolute Gasteiger partial charge is 0.507 e. The fourth-order valence-electron chi connectivity index (χ4n) is 6.48. The van der Waals surface area contributed by atoms with E-state index in [1.807, 2.05) is 30.7 Å². The highest BCUT2D eigenvalue weighted by Gasteiger charge is 2.64. The standard InChI is InChI=1S/C24H34N2O6/c1-11-18-13(9-15-12(4-3-7-26-2)5-6-16(27)19(11)15)8-14-10-17(28)20(23(25)31)22(30)24(14,32)21(18)29/h3,5-7,13-14,17-18,20-23,26-32H,1,4,8-10,25H2,2H3/p+1. The molecule has 3 aliphatic carbocycles. The Bertz CT molecular complexity index is 918. The van der Waals surface area contributed by atoms with Gasteiger partial charge < -0.3 is 41.7 Å². The number of hydrogen-bond acceptors (Lipinski definition) is 7. The molecule has 1 aromatic carbocycles. The molecule has 0 aliphatic heterocycles. The van der Waals surface area contributed by atoms with Crippen LogP contribution < -0.4 is 11.1 Å². The van der Waals surface area contributed by atoms with E-state index in [-0.39, 0.29) is 18.1 Å². The molecule has 9 unspecified atom stereocenters. The number of hydrogen-bond donors (Lipinski definition) is 8.